The van der Waals surface area contributed by atoms with Crippen molar-refractivity contribution in [2.75, 3.05) is 0 Å². The first-order valence-corrected chi connectivity index (χ1v) is 6.04. The van der Waals surface area contributed by atoms with Crippen LogP contribution >= 0.6 is 0 Å². The molecule has 1 aromatic carbocycles. The van der Waals surface area contributed by atoms with Gasteiger partial charge in [-0.2, -0.15) is 5.10 Å². The lowest BCUT2D eigenvalue weighted by Gasteiger charge is -2.02. The number of hydrogen-bond acceptors (Lipinski definition) is 3. The third-order valence-electron chi connectivity index (χ3n) is 2.55. The molecule has 96 valence electrons. The number of nitrogens with zero attached hydrogens (tertiary/aromatic N) is 2. The Kier molecular flexibility index (Phi) is 4.39. The van der Waals surface area contributed by atoms with Crippen molar-refractivity contribution in [3.63, 3.8) is 0 Å². The molecule has 0 saturated heterocycles. The second kappa shape index (κ2) is 6.44. The van der Waals surface area contributed by atoms with E-state index in [2.05, 4.69) is 15.5 Å². The topological polar surface area (TPSA) is 54.4 Å². The van der Waals surface area contributed by atoms with Gasteiger partial charge in [-0.3, -0.25) is 9.78 Å². The van der Waals surface area contributed by atoms with Gasteiger partial charge in [0, 0.05) is 18.3 Å². The number of hydrogen-bond donors (Lipinski definition) is 1. The largest absolute Gasteiger partial charge is 0.289 e. The number of aromatic nitrogens is 1. The molecule has 0 fully saturated rings. The smallest absolute Gasteiger partial charge is 0.266 e. The van der Waals surface area contributed by atoms with Gasteiger partial charge in [-0.25, -0.2) is 5.43 Å². The van der Waals surface area contributed by atoms with Crippen LogP contribution in [0.25, 0.3) is 0 Å². The molecule has 1 aromatic heterocycles. The normalized spacial score (nSPS) is 11.1. The van der Waals surface area contributed by atoms with E-state index in [1.54, 1.807) is 24.4 Å². The lowest BCUT2D eigenvalue weighted by molar-refractivity contribution is 0.0950. The highest BCUT2D eigenvalue weighted by Crippen LogP contribution is 2.00. The van der Waals surface area contributed by atoms with Gasteiger partial charge in [0.2, 0.25) is 0 Å². The minimum absolute atomic E-state index is 0.298. The molecule has 0 aliphatic heterocycles. The van der Waals surface area contributed by atoms with Gasteiger partial charge in [-0.05, 0) is 24.6 Å². The van der Waals surface area contributed by atoms with Crippen LogP contribution < -0.4 is 5.43 Å². The molecule has 0 atom stereocenters. The van der Waals surface area contributed by atoms with Gasteiger partial charge < -0.3 is 0 Å². The summed E-state index contributed by atoms with van der Waals surface area (Å²) in [6, 6.07) is 15.2. The van der Waals surface area contributed by atoms with Crippen molar-refractivity contribution >= 4 is 11.6 Å². The van der Waals surface area contributed by atoms with Crippen LogP contribution in [0.5, 0.6) is 0 Å². The zero-order valence-corrected chi connectivity index (χ0v) is 10.7. The summed E-state index contributed by atoms with van der Waals surface area (Å²) in [5.74, 6) is -0.298. The van der Waals surface area contributed by atoms with Gasteiger partial charge in [0.05, 0.1) is 0 Å². The second-order valence-electron chi connectivity index (χ2n) is 4.17. The van der Waals surface area contributed by atoms with Crippen LogP contribution in [0.15, 0.2) is 59.8 Å². The van der Waals surface area contributed by atoms with Crippen LogP contribution in [-0.4, -0.2) is 16.6 Å². The van der Waals surface area contributed by atoms with E-state index in [9.17, 15) is 4.79 Å². The fraction of sp³-hybridized carbons (Fsp3) is 0.133. The molecule has 0 saturated carbocycles. The van der Waals surface area contributed by atoms with Crippen molar-refractivity contribution < 1.29 is 4.79 Å². The maximum absolute atomic E-state index is 11.7. The molecular weight excluding hydrogens is 238 g/mol. The SMILES string of the molecule is CC(Cc1ccccc1)=NNC(=O)c1ccccn1. The average molecular weight is 253 g/mol. The molecule has 0 aliphatic rings. The zero-order valence-electron chi connectivity index (χ0n) is 10.7. The van der Waals surface area contributed by atoms with E-state index in [1.807, 2.05) is 37.3 Å². The first-order chi connectivity index (χ1) is 9.25. The second-order valence-corrected chi connectivity index (χ2v) is 4.17. The number of hydrazone groups is 1. The number of carbonyl (C=O) groups excluding carboxylic acids is 1. The maximum Gasteiger partial charge on any atom is 0.289 e. The summed E-state index contributed by atoms with van der Waals surface area (Å²) in [4.78, 5) is 15.7. The summed E-state index contributed by atoms with van der Waals surface area (Å²) in [5, 5.41) is 4.07. The lowest BCUT2D eigenvalue weighted by atomic mass is 10.1. The molecular formula is C15H15N3O. The van der Waals surface area contributed by atoms with Crippen LogP contribution in [0.3, 0.4) is 0 Å². The van der Waals surface area contributed by atoms with Crippen molar-refractivity contribution in [1.82, 2.24) is 10.4 Å². The molecule has 0 bridgehead atoms. The predicted octanol–water partition coefficient (Wildman–Crippen LogP) is 2.43. The quantitative estimate of drug-likeness (QED) is 0.672. The van der Waals surface area contributed by atoms with E-state index in [0.717, 1.165) is 11.3 Å². The van der Waals surface area contributed by atoms with Crippen LogP contribution in [-0.2, 0) is 6.42 Å². The number of pyridine rings is 1. The predicted molar refractivity (Wildman–Crippen MR) is 75.0 cm³/mol. The van der Waals surface area contributed by atoms with Gasteiger partial charge in [-0.1, -0.05) is 36.4 Å². The number of amides is 1. The first-order valence-electron chi connectivity index (χ1n) is 6.04. The number of benzene rings is 1. The standard InChI is InChI=1S/C15H15N3O/c1-12(11-13-7-3-2-4-8-13)17-18-15(19)14-9-5-6-10-16-14/h2-10H,11H2,1H3,(H,18,19). The Morgan fingerprint density at radius 2 is 1.89 bits per heavy atom. The Hall–Kier alpha value is -2.49. The van der Waals surface area contributed by atoms with Gasteiger partial charge in [0.15, 0.2) is 0 Å². The van der Waals surface area contributed by atoms with Gasteiger partial charge in [0.25, 0.3) is 5.91 Å². The molecule has 4 heteroatoms. The Balaban J connectivity index is 1.93. The summed E-state index contributed by atoms with van der Waals surface area (Å²) in [6.07, 6.45) is 2.29. The van der Waals surface area contributed by atoms with Crippen LogP contribution in [0.4, 0.5) is 0 Å². The number of rotatable bonds is 4. The fourth-order valence-corrected chi connectivity index (χ4v) is 1.63. The number of nitrogens with one attached hydrogen (secondary N) is 1. The highest BCUT2D eigenvalue weighted by atomic mass is 16.2. The molecule has 0 spiro atoms. The fourth-order valence-electron chi connectivity index (χ4n) is 1.63. The molecule has 4 nitrogen and oxygen atoms in total. The summed E-state index contributed by atoms with van der Waals surface area (Å²) in [7, 11) is 0. The Labute approximate surface area is 112 Å². The van der Waals surface area contributed by atoms with E-state index in [-0.39, 0.29) is 5.91 Å². The number of carbonyl (C=O) groups is 1. The van der Waals surface area contributed by atoms with Crippen LogP contribution in [0.1, 0.15) is 23.0 Å². The molecule has 0 radical (unpaired) electrons. The van der Waals surface area contributed by atoms with Gasteiger partial charge in [-0.15, -0.1) is 0 Å². The highest BCUT2D eigenvalue weighted by molar-refractivity contribution is 5.93. The van der Waals surface area contributed by atoms with Gasteiger partial charge in [0.1, 0.15) is 5.69 Å². The van der Waals surface area contributed by atoms with E-state index in [4.69, 9.17) is 0 Å². The van der Waals surface area contributed by atoms with Crippen molar-refractivity contribution in [1.29, 1.82) is 0 Å². The monoisotopic (exact) mass is 253 g/mol. The molecule has 19 heavy (non-hydrogen) atoms. The van der Waals surface area contributed by atoms with Crippen LogP contribution in [0, 0.1) is 0 Å². The average Bonchev–Trinajstić information content (AvgIpc) is 2.47. The Morgan fingerprint density at radius 1 is 1.16 bits per heavy atom. The minimum atomic E-state index is -0.298. The van der Waals surface area contributed by atoms with Gasteiger partial charge >= 0.3 is 0 Å². The lowest BCUT2D eigenvalue weighted by Crippen LogP contribution is -2.20. The molecule has 1 amide bonds. The van der Waals surface area contributed by atoms with Crippen molar-refractivity contribution in [3.05, 3.63) is 66.0 Å². The van der Waals surface area contributed by atoms with Crippen LogP contribution in [0.2, 0.25) is 0 Å². The van der Waals surface area contributed by atoms with E-state index >= 15 is 0 Å². The molecule has 2 rings (SSSR count). The Bertz CT molecular complexity index is 564. The van der Waals surface area contributed by atoms with Crippen molar-refractivity contribution in [2.24, 2.45) is 5.10 Å². The van der Waals surface area contributed by atoms with Crippen molar-refractivity contribution in [3.8, 4) is 0 Å². The third-order valence-corrected chi connectivity index (χ3v) is 2.55. The summed E-state index contributed by atoms with van der Waals surface area (Å²) in [5.41, 5.74) is 4.87. The molecule has 0 unspecified atom stereocenters. The Morgan fingerprint density at radius 3 is 2.58 bits per heavy atom. The van der Waals surface area contributed by atoms with E-state index in [1.165, 1.54) is 0 Å². The minimum Gasteiger partial charge on any atom is -0.266 e. The van der Waals surface area contributed by atoms with E-state index in [0.29, 0.717) is 12.1 Å². The summed E-state index contributed by atoms with van der Waals surface area (Å²) in [6.45, 7) is 1.88. The molecule has 1 heterocycles. The third kappa shape index (κ3) is 4.03. The zero-order chi connectivity index (χ0) is 13.5. The molecule has 1 N–H and O–H groups in total. The first kappa shape index (κ1) is 13.0. The van der Waals surface area contributed by atoms with Crippen molar-refractivity contribution in [2.45, 2.75) is 13.3 Å². The van der Waals surface area contributed by atoms with E-state index < -0.39 is 0 Å². The maximum atomic E-state index is 11.7. The molecule has 0 aliphatic carbocycles. The summed E-state index contributed by atoms with van der Waals surface area (Å²) < 4.78 is 0. The highest BCUT2D eigenvalue weighted by Gasteiger charge is 2.04. The summed E-state index contributed by atoms with van der Waals surface area (Å²) >= 11 is 0. The molecule has 2 aromatic rings.